The fraction of sp³-hybridized carbons (Fsp3) is 0.368. The van der Waals surface area contributed by atoms with E-state index in [9.17, 15) is 13.9 Å². The van der Waals surface area contributed by atoms with Crippen LogP contribution in [0.15, 0.2) is 30.6 Å². The third-order valence-electron chi connectivity index (χ3n) is 5.14. The van der Waals surface area contributed by atoms with Crippen LogP contribution in [0.1, 0.15) is 26.7 Å². The van der Waals surface area contributed by atoms with Crippen molar-refractivity contribution < 1.29 is 13.9 Å². The van der Waals surface area contributed by atoms with Crippen molar-refractivity contribution in [3.8, 4) is 11.4 Å². The third kappa shape index (κ3) is 2.77. The summed E-state index contributed by atoms with van der Waals surface area (Å²) >= 11 is 0. The van der Waals surface area contributed by atoms with E-state index >= 15 is 0 Å². The molecule has 1 N–H and O–H groups in total. The molecule has 0 amide bonds. The highest BCUT2D eigenvalue weighted by Crippen LogP contribution is 2.32. The van der Waals surface area contributed by atoms with Crippen LogP contribution in [0.3, 0.4) is 0 Å². The van der Waals surface area contributed by atoms with Gasteiger partial charge in [-0.2, -0.15) is 5.10 Å². The minimum Gasteiger partial charge on any atom is -0.503 e. The lowest BCUT2D eigenvalue weighted by Gasteiger charge is -2.37. The Labute approximate surface area is 149 Å². The standard InChI is InChI=1S/C19H20F2N4O/c1-19(2)5-7-24(8-6-19)15-4-3-13(11-22-15)25-17-12(10-23-25)9-14(20)18(26)16(17)21/h3-4,9-11,26H,5-8H2,1-2H3. The highest BCUT2D eigenvalue weighted by atomic mass is 19.1. The predicted octanol–water partition coefficient (Wildman–Crippen LogP) is 4.03. The molecule has 1 aromatic carbocycles. The van der Waals surface area contributed by atoms with Crippen molar-refractivity contribution in [2.45, 2.75) is 26.7 Å². The van der Waals surface area contributed by atoms with Gasteiger partial charge in [0.2, 0.25) is 0 Å². The number of phenols is 1. The molecule has 2 aromatic heterocycles. The zero-order valence-corrected chi connectivity index (χ0v) is 14.7. The molecule has 0 unspecified atom stereocenters. The van der Waals surface area contributed by atoms with E-state index < -0.39 is 17.4 Å². The van der Waals surface area contributed by atoms with Crippen molar-refractivity contribution in [1.82, 2.24) is 14.8 Å². The molecule has 0 atom stereocenters. The molecule has 0 bridgehead atoms. The summed E-state index contributed by atoms with van der Waals surface area (Å²) in [6, 6.07) is 4.74. The van der Waals surface area contributed by atoms with Crippen LogP contribution in [0.5, 0.6) is 5.75 Å². The van der Waals surface area contributed by atoms with Crippen LogP contribution < -0.4 is 4.90 Å². The molecule has 4 rings (SSSR count). The van der Waals surface area contributed by atoms with Crippen LogP contribution in [0.4, 0.5) is 14.6 Å². The molecule has 26 heavy (non-hydrogen) atoms. The number of hydrogen-bond acceptors (Lipinski definition) is 4. The number of aromatic hydroxyl groups is 1. The molecule has 7 heteroatoms. The van der Waals surface area contributed by atoms with E-state index in [-0.39, 0.29) is 10.9 Å². The molecule has 3 heterocycles. The molecule has 0 radical (unpaired) electrons. The first-order valence-corrected chi connectivity index (χ1v) is 8.62. The van der Waals surface area contributed by atoms with Gasteiger partial charge in [0.1, 0.15) is 11.3 Å². The summed E-state index contributed by atoms with van der Waals surface area (Å²) < 4.78 is 29.1. The Morgan fingerprint density at radius 1 is 1.12 bits per heavy atom. The van der Waals surface area contributed by atoms with Crippen molar-refractivity contribution >= 4 is 16.7 Å². The van der Waals surface area contributed by atoms with Gasteiger partial charge in [-0.1, -0.05) is 13.8 Å². The van der Waals surface area contributed by atoms with E-state index in [2.05, 4.69) is 28.8 Å². The lowest BCUT2D eigenvalue weighted by molar-refractivity contribution is 0.279. The number of piperidine rings is 1. The molecule has 5 nitrogen and oxygen atoms in total. The summed E-state index contributed by atoms with van der Waals surface area (Å²) in [6.07, 6.45) is 5.19. The number of benzene rings is 1. The van der Waals surface area contributed by atoms with E-state index in [1.807, 2.05) is 6.07 Å². The second-order valence-electron chi connectivity index (χ2n) is 7.54. The third-order valence-corrected chi connectivity index (χ3v) is 5.14. The number of halogens is 2. The number of anilines is 1. The summed E-state index contributed by atoms with van der Waals surface area (Å²) in [5, 5.41) is 13.9. The van der Waals surface area contributed by atoms with Crippen LogP contribution in [0.25, 0.3) is 16.6 Å². The molecule has 0 aliphatic carbocycles. The topological polar surface area (TPSA) is 54.2 Å². The first-order chi connectivity index (χ1) is 12.4. The normalized spacial score (nSPS) is 17.0. The highest BCUT2D eigenvalue weighted by molar-refractivity contribution is 5.82. The van der Waals surface area contributed by atoms with E-state index in [0.29, 0.717) is 11.1 Å². The van der Waals surface area contributed by atoms with Gasteiger partial charge in [-0.3, -0.25) is 0 Å². The van der Waals surface area contributed by atoms with Gasteiger partial charge in [0.15, 0.2) is 17.4 Å². The average Bonchev–Trinajstić information content (AvgIpc) is 3.04. The van der Waals surface area contributed by atoms with Crippen LogP contribution >= 0.6 is 0 Å². The van der Waals surface area contributed by atoms with Crippen LogP contribution in [-0.4, -0.2) is 33.0 Å². The van der Waals surface area contributed by atoms with Crippen molar-refractivity contribution in [3.05, 3.63) is 42.2 Å². The second kappa shape index (κ2) is 5.93. The summed E-state index contributed by atoms with van der Waals surface area (Å²) in [4.78, 5) is 6.72. The Morgan fingerprint density at radius 2 is 1.85 bits per heavy atom. The molecule has 0 spiro atoms. The van der Waals surface area contributed by atoms with Gasteiger partial charge in [0, 0.05) is 18.5 Å². The van der Waals surface area contributed by atoms with Crippen molar-refractivity contribution in [3.63, 3.8) is 0 Å². The van der Waals surface area contributed by atoms with Crippen LogP contribution in [0, 0.1) is 17.0 Å². The molecular formula is C19H20F2N4O. The Bertz CT molecular complexity index is 956. The lowest BCUT2D eigenvalue weighted by atomic mass is 9.83. The maximum atomic E-state index is 14.3. The van der Waals surface area contributed by atoms with E-state index in [4.69, 9.17) is 0 Å². The van der Waals surface area contributed by atoms with Gasteiger partial charge < -0.3 is 10.0 Å². The SMILES string of the molecule is CC1(C)CCN(c2ccc(-n3ncc4cc(F)c(O)c(F)c43)cn2)CC1. The first kappa shape index (κ1) is 16.8. The van der Waals surface area contributed by atoms with Gasteiger partial charge in [0.25, 0.3) is 0 Å². The highest BCUT2D eigenvalue weighted by Gasteiger charge is 2.26. The van der Waals surface area contributed by atoms with Gasteiger partial charge in [-0.15, -0.1) is 0 Å². The molecule has 1 aliphatic rings. The fourth-order valence-corrected chi connectivity index (χ4v) is 3.34. The number of fused-ring (bicyclic) bond motifs is 1. The first-order valence-electron chi connectivity index (χ1n) is 8.62. The maximum absolute atomic E-state index is 14.3. The molecule has 136 valence electrons. The van der Waals surface area contributed by atoms with Crippen LogP contribution in [-0.2, 0) is 0 Å². The van der Waals surface area contributed by atoms with Crippen molar-refractivity contribution in [2.24, 2.45) is 5.41 Å². The van der Waals surface area contributed by atoms with Crippen molar-refractivity contribution in [1.29, 1.82) is 0 Å². The average molecular weight is 358 g/mol. The summed E-state index contributed by atoms with van der Waals surface area (Å²) in [5.74, 6) is -2.16. The summed E-state index contributed by atoms with van der Waals surface area (Å²) in [6.45, 7) is 6.45. The molecule has 1 aliphatic heterocycles. The Morgan fingerprint density at radius 3 is 2.50 bits per heavy atom. The number of aromatic nitrogens is 3. The summed E-state index contributed by atoms with van der Waals surface area (Å²) in [5.41, 5.74) is 0.934. The number of pyridine rings is 1. The second-order valence-corrected chi connectivity index (χ2v) is 7.54. The van der Waals surface area contributed by atoms with E-state index in [1.165, 1.54) is 10.9 Å². The maximum Gasteiger partial charge on any atom is 0.194 e. The quantitative estimate of drug-likeness (QED) is 0.751. The molecule has 1 fully saturated rings. The molecule has 1 saturated heterocycles. The largest absolute Gasteiger partial charge is 0.503 e. The number of nitrogens with zero attached hydrogens (tertiary/aromatic N) is 4. The van der Waals surface area contributed by atoms with Gasteiger partial charge >= 0.3 is 0 Å². The predicted molar refractivity (Wildman–Crippen MR) is 95.7 cm³/mol. The minimum absolute atomic E-state index is 0.0261. The number of hydrogen-bond donors (Lipinski definition) is 1. The zero-order valence-electron chi connectivity index (χ0n) is 14.7. The van der Waals surface area contributed by atoms with Gasteiger partial charge in [-0.25, -0.2) is 18.4 Å². The molecular weight excluding hydrogens is 338 g/mol. The number of phenolic OH excluding ortho intramolecular Hbond substituents is 1. The molecule has 0 saturated carbocycles. The number of rotatable bonds is 2. The Kier molecular flexibility index (Phi) is 3.82. The lowest BCUT2D eigenvalue weighted by Crippen LogP contribution is -2.37. The fourth-order valence-electron chi connectivity index (χ4n) is 3.34. The smallest absolute Gasteiger partial charge is 0.194 e. The van der Waals surface area contributed by atoms with Crippen LogP contribution in [0.2, 0.25) is 0 Å². The molecule has 3 aromatic rings. The van der Waals surface area contributed by atoms with E-state index in [1.54, 1.807) is 12.3 Å². The van der Waals surface area contributed by atoms with E-state index in [0.717, 1.165) is 37.8 Å². The summed E-state index contributed by atoms with van der Waals surface area (Å²) in [7, 11) is 0. The van der Waals surface area contributed by atoms with Crippen molar-refractivity contribution in [2.75, 3.05) is 18.0 Å². The Balaban J connectivity index is 1.66. The van der Waals surface area contributed by atoms with Gasteiger partial charge in [-0.05, 0) is 36.5 Å². The zero-order chi connectivity index (χ0) is 18.5. The Hall–Kier alpha value is -2.70. The monoisotopic (exact) mass is 358 g/mol. The minimum atomic E-state index is -1.03. The van der Waals surface area contributed by atoms with Gasteiger partial charge in [0.05, 0.1) is 18.1 Å².